The molecule has 0 aliphatic heterocycles. The SMILES string of the molecule is Cc1ncccc1NS(=O)(=O)c1ccc(N)cc1Cl. The molecule has 7 heteroatoms. The molecule has 1 heterocycles. The van der Waals surface area contributed by atoms with Gasteiger partial charge in [-0.1, -0.05) is 11.6 Å². The molecule has 5 nitrogen and oxygen atoms in total. The van der Waals surface area contributed by atoms with Crippen LogP contribution in [0.25, 0.3) is 0 Å². The minimum Gasteiger partial charge on any atom is -0.399 e. The number of anilines is 2. The number of halogens is 1. The van der Waals surface area contributed by atoms with Gasteiger partial charge >= 0.3 is 0 Å². The van der Waals surface area contributed by atoms with E-state index < -0.39 is 10.0 Å². The summed E-state index contributed by atoms with van der Waals surface area (Å²) in [5.74, 6) is 0. The molecule has 0 aliphatic rings. The minimum atomic E-state index is -3.76. The van der Waals surface area contributed by atoms with Gasteiger partial charge < -0.3 is 5.73 Å². The first-order valence-electron chi connectivity index (χ1n) is 5.39. The van der Waals surface area contributed by atoms with Crippen LogP contribution in [0.2, 0.25) is 5.02 Å². The van der Waals surface area contributed by atoms with Crippen LogP contribution < -0.4 is 10.5 Å². The predicted octanol–water partition coefficient (Wildman–Crippen LogP) is 2.43. The van der Waals surface area contributed by atoms with Crippen LogP contribution in [-0.2, 0) is 10.0 Å². The van der Waals surface area contributed by atoms with E-state index in [2.05, 4.69) is 9.71 Å². The van der Waals surface area contributed by atoms with E-state index in [4.69, 9.17) is 17.3 Å². The van der Waals surface area contributed by atoms with E-state index in [-0.39, 0.29) is 9.92 Å². The number of sulfonamides is 1. The van der Waals surface area contributed by atoms with Gasteiger partial charge in [0.05, 0.1) is 16.4 Å². The molecule has 19 heavy (non-hydrogen) atoms. The van der Waals surface area contributed by atoms with Gasteiger partial charge in [0.15, 0.2) is 0 Å². The second kappa shape index (κ2) is 5.07. The van der Waals surface area contributed by atoms with Crippen molar-refractivity contribution in [2.45, 2.75) is 11.8 Å². The van der Waals surface area contributed by atoms with Crippen LogP contribution >= 0.6 is 11.6 Å². The van der Waals surface area contributed by atoms with Gasteiger partial charge in [0.2, 0.25) is 0 Å². The predicted molar refractivity (Wildman–Crippen MR) is 75.6 cm³/mol. The number of rotatable bonds is 3. The Labute approximate surface area is 116 Å². The molecule has 0 saturated carbocycles. The van der Waals surface area contributed by atoms with E-state index in [0.29, 0.717) is 17.1 Å². The molecule has 0 saturated heterocycles. The number of pyridine rings is 1. The van der Waals surface area contributed by atoms with Gasteiger partial charge in [-0.15, -0.1) is 0 Å². The Morgan fingerprint density at radius 1 is 1.32 bits per heavy atom. The fourth-order valence-electron chi connectivity index (χ4n) is 1.53. The van der Waals surface area contributed by atoms with Crippen molar-refractivity contribution in [1.82, 2.24) is 4.98 Å². The highest BCUT2D eigenvalue weighted by Gasteiger charge is 2.18. The first-order chi connectivity index (χ1) is 8.90. The zero-order chi connectivity index (χ0) is 14.0. The fraction of sp³-hybridized carbons (Fsp3) is 0.0833. The van der Waals surface area contributed by atoms with Crippen molar-refractivity contribution in [3.05, 3.63) is 47.2 Å². The number of nitrogens with two attached hydrogens (primary N) is 1. The van der Waals surface area contributed by atoms with Gasteiger partial charge in [-0.25, -0.2) is 8.42 Å². The second-order valence-electron chi connectivity index (χ2n) is 3.93. The molecular weight excluding hydrogens is 286 g/mol. The average molecular weight is 298 g/mol. The van der Waals surface area contributed by atoms with Crippen molar-refractivity contribution in [1.29, 1.82) is 0 Å². The van der Waals surface area contributed by atoms with Crippen molar-refractivity contribution in [3.8, 4) is 0 Å². The summed E-state index contributed by atoms with van der Waals surface area (Å²) in [5.41, 5.74) is 6.94. The Balaban J connectivity index is 2.41. The van der Waals surface area contributed by atoms with Gasteiger partial charge in [-0.2, -0.15) is 0 Å². The van der Waals surface area contributed by atoms with Gasteiger partial charge in [0.25, 0.3) is 10.0 Å². The molecule has 0 amide bonds. The molecule has 100 valence electrons. The Morgan fingerprint density at radius 3 is 2.68 bits per heavy atom. The van der Waals surface area contributed by atoms with Gasteiger partial charge in [-0.05, 0) is 37.3 Å². The number of hydrogen-bond donors (Lipinski definition) is 2. The highest BCUT2D eigenvalue weighted by atomic mass is 35.5. The Hall–Kier alpha value is -1.79. The van der Waals surface area contributed by atoms with E-state index in [1.807, 2.05) is 0 Å². The molecule has 0 atom stereocenters. The molecule has 0 aliphatic carbocycles. The van der Waals surface area contributed by atoms with Crippen LogP contribution in [0.3, 0.4) is 0 Å². The number of nitrogen functional groups attached to an aromatic ring is 1. The largest absolute Gasteiger partial charge is 0.399 e. The lowest BCUT2D eigenvalue weighted by molar-refractivity contribution is 0.601. The van der Waals surface area contributed by atoms with Crippen LogP contribution in [0, 0.1) is 6.92 Å². The van der Waals surface area contributed by atoms with Crippen molar-refractivity contribution < 1.29 is 8.42 Å². The van der Waals surface area contributed by atoms with Gasteiger partial charge in [-0.3, -0.25) is 9.71 Å². The van der Waals surface area contributed by atoms with E-state index in [1.54, 1.807) is 25.3 Å². The van der Waals surface area contributed by atoms with Crippen LogP contribution in [0.1, 0.15) is 5.69 Å². The topological polar surface area (TPSA) is 85.1 Å². The van der Waals surface area contributed by atoms with Crippen LogP contribution in [-0.4, -0.2) is 13.4 Å². The molecule has 1 aromatic heterocycles. The summed E-state index contributed by atoms with van der Waals surface area (Å²) in [5, 5.41) is 0.0778. The second-order valence-corrected chi connectivity index (χ2v) is 5.99. The number of hydrogen-bond acceptors (Lipinski definition) is 4. The number of nitrogens with one attached hydrogen (secondary N) is 1. The van der Waals surface area contributed by atoms with E-state index in [0.717, 1.165) is 0 Å². The van der Waals surface area contributed by atoms with Crippen molar-refractivity contribution >= 4 is 33.0 Å². The third-order valence-electron chi connectivity index (χ3n) is 2.50. The highest BCUT2D eigenvalue weighted by Crippen LogP contribution is 2.26. The van der Waals surface area contributed by atoms with E-state index in [1.165, 1.54) is 18.2 Å². The lowest BCUT2D eigenvalue weighted by Gasteiger charge is -2.11. The zero-order valence-electron chi connectivity index (χ0n) is 10.1. The number of benzene rings is 1. The van der Waals surface area contributed by atoms with Gasteiger partial charge in [0, 0.05) is 11.9 Å². The zero-order valence-corrected chi connectivity index (χ0v) is 11.7. The normalized spacial score (nSPS) is 11.3. The smallest absolute Gasteiger partial charge is 0.263 e. The minimum absolute atomic E-state index is 0.0216. The summed E-state index contributed by atoms with van der Waals surface area (Å²) in [4.78, 5) is 3.99. The monoisotopic (exact) mass is 297 g/mol. The third-order valence-corrected chi connectivity index (χ3v) is 4.35. The van der Waals surface area contributed by atoms with Crippen LogP contribution in [0.5, 0.6) is 0 Å². The lowest BCUT2D eigenvalue weighted by Crippen LogP contribution is -2.14. The summed E-state index contributed by atoms with van der Waals surface area (Å²) < 4.78 is 26.9. The fourth-order valence-corrected chi connectivity index (χ4v) is 3.20. The first kappa shape index (κ1) is 13.6. The maximum absolute atomic E-state index is 12.2. The number of aromatic nitrogens is 1. The number of aryl methyl sites for hydroxylation is 1. The van der Waals surface area contributed by atoms with Crippen molar-refractivity contribution in [2.24, 2.45) is 0 Å². The van der Waals surface area contributed by atoms with Gasteiger partial charge in [0.1, 0.15) is 4.90 Å². The molecule has 0 spiro atoms. The Morgan fingerprint density at radius 2 is 2.05 bits per heavy atom. The molecular formula is C12H12ClN3O2S. The summed E-state index contributed by atoms with van der Waals surface area (Å²) >= 11 is 5.91. The molecule has 0 radical (unpaired) electrons. The van der Waals surface area contributed by atoms with E-state index in [9.17, 15) is 8.42 Å². The average Bonchev–Trinajstić information content (AvgIpc) is 2.31. The standard InChI is InChI=1S/C12H12ClN3O2S/c1-8-11(3-2-6-15-8)16-19(17,18)12-5-4-9(14)7-10(12)13/h2-7,16H,14H2,1H3. The quantitative estimate of drug-likeness (QED) is 0.852. The third kappa shape index (κ3) is 2.97. The summed E-state index contributed by atoms with van der Waals surface area (Å²) in [6, 6.07) is 7.52. The van der Waals surface area contributed by atoms with Crippen LogP contribution in [0.15, 0.2) is 41.4 Å². The van der Waals surface area contributed by atoms with Crippen LogP contribution in [0.4, 0.5) is 11.4 Å². The maximum Gasteiger partial charge on any atom is 0.263 e. The first-order valence-corrected chi connectivity index (χ1v) is 7.26. The molecule has 0 unspecified atom stereocenters. The molecule has 3 N–H and O–H groups in total. The summed E-state index contributed by atoms with van der Waals surface area (Å²) in [6.07, 6.45) is 1.59. The molecule has 1 aromatic carbocycles. The summed E-state index contributed by atoms with van der Waals surface area (Å²) in [7, 11) is -3.76. The highest BCUT2D eigenvalue weighted by molar-refractivity contribution is 7.92. The molecule has 0 bridgehead atoms. The van der Waals surface area contributed by atoms with Crippen molar-refractivity contribution in [2.75, 3.05) is 10.5 Å². The molecule has 2 rings (SSSR count). The maximum atomic E-state index is 12.2. The van der Waals surface area contributed by atoms with E-state index >= 15 is 0 Å². The lowest BCUT2D eigenvalue weighted by atomic mass is 10.3. The molecule has 0 fully saturated rings. The molecule has 2 aromatic rings. The van der Waals surface area contributed by atoms with Crippen molar-refractivity contribution in [3.63, 3.8) is 0 Å². The number of nitrogens with zero attached hydrogens (tertiary/aromatic N) is 1. The Bertz CT molecular complexity index is 717. The Kier molecular flexibility index (Phi) is 3.64. The summed E-state index contributed by atoms with van der Waals surface area (Å²) in [6.45, 7) is 1.71.